The van der Waals surface area contributed by atoms with Gasteiger partial charge in [-0.25, -0.2) is 48.3 Å². The predicted molar refractivity (Wildman–Crippen MR) is 257 cm³/mol. The molecule has 0 spiro atoms. The van der Waals surface area contributed by atoms with Gasteiger partial charge in [0.05, 0.1) is 6.54 Å². The van der Waals surface area contributed by atoms with Crippen molar-refractivity contribution in [2.24, 2.45) is 5.73 Å². The molecule has 8 aromatic rings. The number of hydrogen-bond donors (Lipinski definition) is 3. The molecule has 20 heteroatoms. The van der Waals surface area contributed by atoms with Crippen LogP contribution >= 0.6 is 0 Å². The first-order valence-electron chi connectivity index (χ1n) is 21.6. The van der Waals surface area contributed by atoms with Crippen molar-refractivity contribution >= 4 is 12.2 Å². The van der Waals surface area contributed by atoms with Gasteiger partial charge in [0.1, 0.15) is 11.2 Å². The smallest absolute Gasteiger partial charge is 0.410 e. The highest BCUT2D eigenvalue weighted by Crippen LogP contribution is 2.13. The van der Waals surface area contributed by atoms with E-state index in [0.717, 1.165) is 46.5 Å². The van der Waals surface area contributed by atoms with E-state index in [0.29, 0.717) is 19.6 Å². The van der Waals surface area contributed by atoms with Crippen molar-refractivity contribution in [3.05, 3.63) is 169 Å². The molecule has 8 heterocycles. The van der Waals surface area contributed by atoms with Crippen molar-refractivity contribution in [2.75, 3.05) is 14.1 Å². The molecule has 4 N–H and O–H groups in total. The topological polar surface area (TPSA) is 229 Å². The SMILES string of the molecule is CC(C)(C)OC(=O)NCc1ccc(-n2cccn2)nc1.CN(Cc1ccc(-n2cccn2)nc1)C(=O)OC(C)(C)C.CNCc1ccc(-n2cccn2)nc1.NCc1ccc(-n2cccn2)nc1. The number of nitrogens with two attached hydrogens (primary N) is 1. The lowest BCUT2D eigenvalue weighted by molar-refractivity contribution is 0.0284. The van der Waals surface area contributed by atoms with E-state index in [-0.39, 0.29) is 6.09 Å². The molecule has 0 fully saturated rings. The van der Waals surface area contributed by atoms with Gasteiger partial charge >= 0.3 is 12.2 Å². The van der Waals surface area contributed by atoms with E-state index < -0.39 is 17.3 Å². The first-order chi connectivity index (χ1) is 32.6. The number of alkyl carbamates (subject to hydrolysis) is 1. The third kappa shape index (κ3) is 17.4. The zero-order valence-electron chi connectivity index (χ0n) is 39.7. The standard InChI is InChI=1S/C15H20N4O2.C14H18N4O2.C10H12N4.C9H10N4/c1-15(2,3)21-14(20)18(4)11-12-6-7-13(16-10-12)19-9-5-8-17-19;1-14(2,3)20-13(19)16-10-11-5-6-12(15-9-11)18-8-4-7-17-18;1-11-7-9-3-4-10(12-8-9)14-6-2-5-13-14;10-6-8-2-3-9(11-7-8)13-5-1-4-12-13/h5-10H,11H2,1-4H3;4-9H,10H2,1-3H3,(H,16,19);2-6,8,11H,7H2,1H3;1-5,7H,6,10H2. The number of carbonyl (C=O) groups is 2. The molecule has 8 rings (SSSR count). The number of rotatable bonds is 11. The maximum Gasteiger partial charge on any atom is 0.410 e. The third-order valence-corrected chi connectivity index (χ3v) is 8.77. The van der Waals surface area contributed by atoms with Crippen LogP contribution in [-0.4, -0.2) is 101 Å². The van der Waals surface area contributed by atoms with Crippen LogP contribution in [0.4, 0.5) is 9.59 Å². The molecule has 8 aromatic heterocycles. The molecule has 68 heavy (non-hydrogen) atoms. The summed E-state index contributed by atoms with van der Waals surface area (Å²) in [4.78, 5) is 42.1. The summed E-state index contributed by atoms with van der Waals surface area (Å²) in [5.41, 5.74) is 8.49. The predicted octanol–water partition coefficient (Wildman–Crippen LogP) is 6.64. The highest BCUT2D eigenvalue weighted by atomic mass is 16.6. The highest BCUT2D eigenvalue weighted by molar-refractivity contribution is 5.68. The summed E-state index contributed by atoms with van der Waals surface area (Å²) in [5, 5.41) is 22.1. The van der Waals surface area contributed by atoms with Gasteiger partial charge in [-0.1, -0.05) is 24.3 Å². The van der Waals surface area contributed by atoms with Crippen LogP contribution in [0, 0.1) is 0 Å². The summed E-state index contributed by atoms with van der Waals surface area (Å²) >= 11 is 0. The van der Waals surface area contributed by atoms with Crippen molar-refractivity contribution < 1.29 is 19.1 Å². The summed E-state index contributed by atoms with van der Waals surface area (Å²) in [6.45, 7) is 13.2. The summed E-state index contributed by atoms with van der Waals surface area (Å²) < 4.78 is 17.3. The van der Waals surface area contributed by atoms with E-state index in [2.05, 4.69) is 51.0 Å². The Morgan fingerprint density at radius 2 is 0.926 bits per heavy atom. The fourth-order valence-electron chi connectivity index (χ4n) is 5.62. The Morgan fingerprint density at radius 3 is 1.24 bits per heavy atom. The number of hydrogen-bond acceptors (Lipinski definition) is 14. The Hall–Kier alpha value is -8.10. The van der Waals surface area contributed by atoms with Crippen LogP contribution in [0.5, 0.6) is 0 Å². The van der Waals surface area contributed by atoms with Gasteiger partial charge in [0.25, 0.3) is 0 Å². The van der Waals surface area contributed by atoms with Gasteiger partial charge in [-0.05, 0) is 119 Å². The molecule has 356 valence electrons. The summed E-state index contributed by atoms with van der Waals surface area (Å²) in [5.74, 6) is 3.12. The van der Waals surface area contributed by atoms with Crippen molar-refractivity contribution in [1.82, 2.24) is 74.6 Å². The van der Waals surface area contributed by atoms with E-state index >= 15 is 0 Å². The number of carbonyl (C=O) groups excluding carboxylic acids is 2. The second-order valence-electron chi connectivity index (χ2n) is 16.8. The molecule has 0 aliphatic carbocycles. The van der Waals surface area contributed by atoms with Crippen LogP contribution in [0.25, 0.3) is 23.3 Å². The monoisotopic (exact) mass is 924 g/mol. The number of amides is 2. The minimum Gasteiger partial charge on any atom is -0.444 e. The fourth-order valence-corrected chi connectivity index (χ4v) is 5.62. The maximum absolute atomic E-state index is 11.9. The van der Waals surface area contributed by atoms with Gasteiger partial charge in [-0.15, -0.1) is 0 Å². The molecule has 0 saturated heterocycles. The molecular weight excluding hydrogens is 865 g/mol. The quantitative estimate of drug-likeness (QED) is 0.124. The van der Waals surface area contributed by atoms with E-state index in [1.165, 1.54) is 10.5 Å². The molecule has 2 amide bonds. The van der Waals surface area contributed by atoms with Gasteiger partial charge < -0.3 is 30.7 Å². The van der Waals surface area contributed by atoms with Crippen LogP contribution in [0.15, 0.2) is 147 Å². The minimum atomic E-state index is -0.494. The molecular formula is C48H60N16O4. The molecule has 0 radical (unpaired) electrons. The van der Waals surface area contributed by atoms with Gasteiger partial charge in [-0.3, -0.25) is 0 Å². The number of pyridine rings is 4. The molecule has 0 atom stereocenters. The molecule has 0 aliphatic rings. The second kappa shape index (κ2) is 25.0. The Kier molecular flexibility index (Phi) is 18.7. The average molecular weight is 925 g/mol. The molecule has 0 aliphatic heterocycles. The van der Waals surface area contributed by atoms with E-state index in [1.54, 1.807) is 69.2 Å². The summed E-state index contributed by atoms with van der Waals surface area (Å²) in [6, 6.07) is 22.8. The number of nitrogens with zero attached hydrogens (tertiary/aromatic N) is 13. The Morgan fingerprint density at radius 1 is 0.559 bits per heavy atom. The minimum absolute atomic E-state index is 0.348. The summed E-state index contributed by atoms with van der Waals surface area (Å²) in [7, 11) is 3.62. The Bertz CT molecular complexity index is 2620. The van der Waals surface area contributed by atoms with Crippen LogP contribution < -0.4 is 16.4 Å². The summed E-state index contributed by atoms with van der Waals surface area (Å²) in [6.07, 6.45) is 20.5. The molecule has 0 unspecified atom stereocenters. The molecule has 0 bridgehead atoms. The van der Waals surface area contributed by atoms with Gasteiger partial charge in [0.2, 0.25) is 0 Å². The largest absolute Gasteiger partial charge is 0.444 e. The number of aromatic nitrogens is 12. The third-order valence-electron chi connectivity index (χ3n) is 8.77. The van der Waals surface area contributed by atoms with Gasteiger partial charge in [-0.2, -0.15) is 20.4 Å². The average Bonchev–Trinajstić information content (AvgIpc) is 4.18. The van der Waals surface area contributed by atoms with Crippen molar-refractivity contribution in [2.45, 2.75) is 78.9 Å². The normalized spacial score (nSPS) is 10.8. The van der Waals surface area contributed by atoms with E-state index in [1.807, 2.05) is 152 Å². The molecule has 0 aromatic carbocycles. The van der Waals surface area contributed by atoms with Gasteiger partial charge in [0.15, 0.2) is 23.3 Å². The molecule has 20 nitrogen and oxygen atoms in total. The lowest BCUT2D eigenvalue weighted by atomic mass is 10.2. The Labute approximate surface area is 396 Å². The second-order valence-corrected chi connectivity index (χ2v) is 16.8. The first kappa shape index (κ1) is 50.9. The van der Waals surface area contributed by atoms with E-state index in [4.69, 9.17) is 15.2 Å². The maximum atomic E-state index is 11.9. The molecule has 0 saturated carbocycles. The van der Waals surface area contributed by atoms with Crippen molar-refractivity contribution in [3.63, 3.8) is 0 Å². The van der Waals surface area contributed by atoms with Crippen molar-refractivity contribution in [3.8, 4) is 23.3 Å². The number of ether oxygens (including phenoxy) is 2. The van der Waals surface area contributed by atoms with Gasteiger partial charge in [0, 0.05) is 101 Å². The van der Waals surface area contributed by atoms with Crippen LogP contribution in [0.2, 0.25) is 0 Å². The van der Waals surface area contributed by atoms with Crippen molar-refractivity contribution in [1.29, 1.82) is 0 Å². The first-order valence-corrected chi connectivity index (χ1v) is 21.6. The van der Waals surface area contributed by atoms with Crippen LogP contribution in [0.1, 0.15) is 63.8 Å². The lowest BCUT2D eigenvalue weighted by Crippen LogP contribution is -2.33. The Balaban J connectivity index is 0.000000173. The lowest BCUT2D eigenvalue weighted by Gasteiger charge is -2.24. The highest BCUT2D eigenvalue weighted by Gasteiger charge is 2.20. The van der Waals surface area contributed by atoms with Crippen LogP contribution in [-0.2, 0) is 35.7 Å². The number of nitrogens with one attached hydrogen (secondary N) is 2. The van der Waals surface area contributed by atoms with E-state index in [9.17, 15) is 9.59 Å². The van der Waals surface area contributed by atoms with Crippen LogP contribution in [0.3, 0.4) is 0 Å². The fraction of sp³-hybridized carbons (Fsp3) is 0.292. The zero-order chi connectivity index (χ0) is 48.9. The zero-order valence-corrected chi connectivity index (χ0v) is 39.7.